The number of hydrogen-bond donors (Lipinski definition) is 2. The van der Waals surface area contributed by atoms with Crippen LogP contribution in [0.4, 0.5) is 11.4 Å². The molecule has 0 bridgehead atoms. The van der Waals surface area contributed by atoms with Gasteiger partial charge in [0.1, 0.15) is 5.57 Å². The third kappa shape index (κ3) is 4.11. The molecule has 1 aliphatic heterocycles. The number of nitrogens with two attached hydrogens (primary N) is 1. The molecule has 3 rings (SSSR count). The van der Waals surface area contributed by atoms with Crippen LogP contribution < -0.4 is 10.0 Å². The number of nitro benzene ring substituents is 1. The van der Waals surface area contributed by atoms with E-state index in [-0.39, 0.29) is 34.0 Å². The Hall–Kier alpha value is -3.77. The normalized spacial score (nSPS) is 16.5. The minimum atomic E-state index is -3.99. The average Bonchev–Trinajstić information content (AvgIpc) is 2.98. The summed E-state index contributed by atoms with van der Waals surface area (Å²) in [6.07, 6.45) is 0. The molecule has 31 heavy (non-hydrogen) atoms. The maximum Gasteiger partial charge on any atom is 0.340 e. The number of aliphatic hydroxyl groups excluding tert-OH is 1. The molecule has 11 nitrogen and oxygen atoms in total. The van der Waals surface area contributed by atoms with E-state index in [0.717, 1.165) is 17.0 Å². The number of carbonyl (C=O) groups excluding carboxylic acids is 2. The first-order valence-electron chi connectivity index (χ1n) is 8.87. The highest BCUT2D eigenvalue weighted by molar-refractivity contribution is 7.89. The van der Waals surface area contributed by atoms with Crippen molar-refractivity contribution >= 4 is 33.3 Å². The van der Waals surface area contributed by atoms with Crippen molar-refractivity contribution in [2.75, 3.05) is 11.5 Å². The van der Waals surface area contributed by atoms with Crippen LogP contribution in [0.2, 0.25) is 0 Å². The van der Waals surface area contributed by atoms with Crippen molar-refractivity contribution in [1.82, 2.24) is 0 Å². The highest BCUT2D eigenvalue weighted by atomic mass is 32.2. The molecule has 0 aromatic heterocycles. The predicted molar refractivity (Wildman–Crippen MR) is 107 cm³/mol. The Kier molecular flexibility index (Phi) is 5.77. The van der Waals surface area contributed by atoms with E-state index in [1.54, 1.807) is 6.92 Å². The van der Waals surface area contributed by atoms with E-state index in [2.05, 4.69) is 0 Å². The molecule has 0 unspecified atom stereocenters. The molecule has 0 radical (unpaired) electrons. The van der Waals surface area contributed by atoms with Crippen molar-refractivity contribution in [3.8, 4) is 0 Å². The van der Waals surface area contributed by atoms with Gasteiger partial charge in [-0.2, -0.15) is 0 Å². The first-order chi connectivity index (χ1) is 14.6. The molecule has 0 spiro atoms. The first-order valence-corrected chi connectivity index (χ1v) is 10.4. The SMILES string of the molecule is CCOC(=O)C1=C(O)C(=O)N(c2ccc(S(N)(=O)=O)cc2)[C@H]1c1cccc([N+](=O)[O-])c1. The van der Waals surface area contributed by atoms with Crippen LogP contribution in [0.25, 0.3) is 0 Å². The highest BCUT2D eigenvalue weighted by Crippen LogP contribution is 2.41. The van der Waals surface area contributed by atoms with Gasteiger partial charge in [0.15, 0.2) is 5.76 Å². The van der Waals surface area contributed by atoms with Crippen LogP contribution in [-0.2, 0) is 24.3 Å². The molecule has 1 amide bonds. The lowest BCUT2D eigenvalue weighted by Gasteiger charge is -2.26. The van der Waals surface area contributed by atoms with Gasteiger partial charge in [-0.1, -0.05) is 12.1 Å². The Morgan fingerprint density at radius 1 is 1.26 bits per heavy atom. The van der Waals surface area contributed by atoms with Crippen molar-refractivity contribution < 1.29 is 32.8 Å². The number of aliphatic hydroxyl groups is 1. The number of nitro groups is 1. The number of esters is 1. The molecule has 0 saturated heterocycles. The minimum Gasteiger partial charge on any atom is -0.503 e. The fourth-order valence-corrected chi connectivity index (χ4v) is 3.72. The number of anilines is 1. The van der Waals surface area contributed by atoms with Crippen molar-refractivity contribution in [2.45, 2.75) is 17.9 Å². The maximum absolute atomic E-state index is 12.8. The third-order valence-corrected chi connectivity index (χ3v) is 5.47. The summed E-state index contributed by atoms with van der Waals surface area (Å²) >= 11 is 0. The summed E-state index contributed by atoms with van der Waals surface area (Å²) in [5.74, 6) is -2.79. The summed E-state index contributed by atoms with van der Waals surface area (Å²) < 4.78 is 28.0. The zero-order valence-electron chi connectivity index (χ0n) is 16.1. The summed E-state index contributed by atoms with van der Waals surface area (Å²) in [7, 11) is -3.99. The number of carbonyl (C=O) groups is 2. The number of non-ortho nitro benzene ring substituents is 1. The number of hydrogen-bond acceptors (Lipinski definition) is 8. The Morgan fingerprint density at radius 3 is 2.45 bits per heavy atom. The van der Waals surface area contributed by atoms with E-state index in [4.69, 9.17) is 9.88 Å². The number of benzene rings is 2. The molecule has 1 heterocycles. The molecular formula is C19H17N3O8S. The number of primary sulfonamides is 1. The third-order valence-electron chi connectivity index (χ3n) is 4.54. The molecule has 1 atom stereocenters. The summed E-state index contributed by atoms with van der Waals surface area (Å²) in [6.45, 7) is 1.51. The van der Waals surface area contributed by atoms with Crippen molar-refractivity contribution in [3.05, 3.63) is 75.5 Å². The number of amides is 1. The van der Waals surface area contributed by atoms with Gasteiger partial charge in [-0.25, -0.2) is 18.4 Å². The van der Waals surface area contributed by atoms with E-state index in [1.165, 1.54) is 36.4 Å². The van der Waals surface area contributed by atoms with Crippen LogP contribution in [0, 0.1) is 10.1 Å². The summed E-state index contributed by atoms with van der Waals surface area (Å²) in [5, 5.41) is 26.7. The molecular weight excluding hydrogens is 430 g/mol. The molecule has 0 saturated carbocycles. The second-order valence-corrected chi connectivity index (χ2v) is 8.01. The summed E-state index contributed by atoms with van der Waals surface area (Å²) in [6, 6.07) is 8.83. The second-order valence-electron chi connectivity index (χ2n) is 6.45. The number of sulfonamides is 1. The van der Waals surface area contributed by atoms with Crippen molar-refractivity contribution in [3.63, 3.8) is 0 Å². The van der Waals surface area contributed by atoms with Gasteiger partial charge in [-0.3, -0.25) is 19.8 Å². The highest BCUT2D eigenvalue weighted by Gasteiger charge is 2.45. The van der Waals surface area contributed by atoms with Crippen molar-refractivity contribution in [2.24, 2.45) is 5.14 Å². The van der Waals surface area contributed by atoms with Crippen LogP contribution in [0.15, 0.2) is 64.8 Å². The number of ether oxygens (including phenoxy) is 1. The Bertz CT molecular complexity index is 1200. The smallest absolute Gasteiger partial charge is 0.340 e. The Balaban J connectivity index is 2.18. The van der Waals surface area contributed by atoms with Gasteiger partial charge in [-0.15, -0.1) is 0 Å². The fraction of sp³-hybridized carbons (Fsp3) is 0.158. The van der Waals surface area contributed by atoms with E-state index in [9.17, 15) is 33.2 Å². The Morgan fingerprint density at radius 2 is 1.90 bits per heavy atom. The quantitative estimate of drug-likeness (QED) is 0.383. The van der Waals surface area contributed by atoms with E-state index < -0.39 is 38.6 Å². The molecule has 1 aliphatic rings. The molecule has 0 fully saturated rings. The summed E-state index contributed by atoms with van der Waals surface area (Å²) in [5.41, 5.74) is -0.378. The molecule has 2 aromatic carbocycles. The largest absolute Gasteiger partial charge is 0.503 e. The average molecular weight is 447 g/mol. The van der Waals surface area contributed by atoms with Crippen LogP contribution in [0.3, 0.4) is 0 Å². The minimum absolute atomic E-state index is 0.0332. The molecule has 0 aliphatic carbocycles. The number of rotatable bonds is 6. The van der Waals surface area contributed by atoms with Gasteiger partial charge < -0.3 is 9.84 Å². The first kappa shape index (κ1) is 21.9. The van der Waals surface area contributed by atoms with Gasteiger partial charge in [0.05, 0.1) is 22.5 Å². The van der Waals surface area contributed by atoms with Crippen LogP contribution >= 0.6 is 0 Å². The Labute approximate surface area is 176 Å². The van der Waals surface area contributed by atoms with E-state index >= 15 is 0 Å². The molecule has 162 valence electrons. The lowest BCUT2D eigenvalue weighted by molar-refractivity contribution is -0.384. The van der Waals surface area contributed by atoms with Gasteiger partial charge in [0.2, 0.25) is 10.0 Å². The van der Waals surface area contributed by atoms with Gasteiger partial charge in [0.25, 0.3) is 11.6 Å². The van der Waals surface area contributed by atoms with Gasteiger partial charge in [0, 0.05) is 17.8 Å². The van der Waals surface area contributed by atoms with E-state index in [1.807, 2.05) is 0 Å². The van der Waals surface area contributed by atoms with Gasteiger partial charge in [-0.05, 0) is 36.8 Å². The lowest BCUT2D eigenvalue weighted by atomic mass is 9.98. The monoisotopic (exact) mass is 447 g/mol. The lowest BCUT2D eigenvalue weighted by Crippen LogP contribution is -2.31. The molecule has 2 aromatic rings. The topological polar surface area (TPSA) is 170 Å². The molecule has 3 N–H and O–H groups in total. The van der Waals surface area contributed by atoms with Crippen LogP contribution in [-0.4, -0.2) is 36.9 Å². The van der Waals surface area contributed by atoms with Crippen molar-refractivity contribution in [1.29, 1.82) is 0 Å². The molecule has 12 heteroatoms. The zero-order valence-corrected chi connectivity index (χ0v) is 16.9. The number of nitrogens with zero attached hydrogens (tertiary/aromatic N) is 2. The van der Waals surface area contributed by atoms with Crippen LogP contribution in [0.5, 0.6) is 0 Å². The van der Waals surface area contributed by atoms with Gasteiger partial charge >= 0.3 is 5.97 Å². The van der Waals surface area contributed by atoms with E-state index in [0.29, 0.717) is 0 Å². The van der Waals surface area contributed by atoms with Crippen LogP contribution in [0.1, 0.15) is 18.5 Å². The fourth-order valence-electron chi connectivity index (χ4n) is 3.21. The zero-order chi connectivity index (χ0) is 22.9. The second kappa shape index (κ2) is 8.16. The standard InChI is InChI=1S/C19H17N3O8S/c1-2-30-19(25)15-16(11-4-3-5-13(10-11)22(26)27)21(18(24)17(15)23)12-6-8-14(9-7-12)31(20,28)29/h3-10,16,23H,2H2,1H3,(H2,20,28,29)/t16-/m0/s1. The maximum atomic E-state index is 12.8. The summed E-state index contributed by atoms with van der Waals surface area (Å²) in [4.78, 5) is 36.7. The predicted octanol–water partition coefficient (Wildman–Crippen LogP) is 1.71.